The number of hydrogen-bond donors (Lipinski definition) is 1. The maximum atomic E-state index is 13.0. The molecule has 6 nitrogen and oxygen atoms in total. The van der Waals surface area contributed by atoms with E-state index in [9.17, 15) is 18.8 Å². The minimum atomic E-state index is -0.384. The third kappa shape index (κ3) is 5.53. The van der Waals surface area contributed by atoms with Crippen LogP contribution in [0.2, 0.25) is 0 Å². The predicted molar refractivity (Wildman–Crippen MR) is 101 cm³/mol. The molecule has 0 unspecified atom stereocenters. The van der Waals surface area contributed by atoms with E-state index in [0.717, 1.165) is 25.7 Å². The number of hydrogen-bond acceptors (Lipinski definition) is 4. The SMILES string of the molecule is O=C(COC(=O)C1CCN(C(=O)c2ccc(F)cc2)CC1)NC1CCCCC1. The Morgan fingerprint density at radius 3 is 2.29 bits per heavy atom. The number of benzene rings is 1. The summed E-state index contributed by atoms with van der Waals surface area (Å²) in [5, 5.41) is 2.93. The van der Waals surface area contributed by atoms with Gasteiger partial charge in [-0.15, -0.1) is 0 Å². The highest BCUT2D eigenvalue weighted by Gasteiger charge is 2.29. The first kappa shape index (κ1) is 20.3. The van der Waals surface area contributed by atoms with Crippen LogP contribution in [0.1, 0.15) is 55.3 Å². The lowest BCUT2D eigenvalue weighted by Crippen LogP contribution is -2.42. The van der Waals surface area contributed by atoms with Crippen molar-refractivity contribution in [1.82, 2.24) is 10.2 Å². The number of likely N-dealkylation sites (tertiary alicyclic amines) is 1. The molecule has 152 valence electrons. The minimum absolute atomic E-state index is 0.168. The van der Waals surface area contributed by atoms with Gasteiger partial charge in [0.25, 0.3) is 11.8 Å². The van der Waals surface area contributed by atoms with Gasteiger partial charge in [0.15, 0.2) is 6.61 Å². The maximum Gasteiger partial charge on any atom is 0.309 e. The van der Waals surface area contributed by atoms with Crippen LogP contribution in [-0.2, 0) is 14.3 Å². The highest BCUT2D eigenvalue weighted by Crippen LogP contribution is 2.21. The molecule has 0 aromatic heterocycles. The molecule has 1 aliphatic heterocycles. The van der Waals surface area contributed by atoms with Crippen LogP contribution in [0.25, 0.3) is 0 Å². The van der Waals surface area contributed by atoms with Crippen molar-refractivity contribution in [2.24, 2.45) is 5.92 Å². The third-order valence-corrected chi connectivity index (χ3v) is 5.52. The van der Waals surface area contributed by atoms with Crippen molar-refractivity contribution >= 4 is 17.8 Å². The summed E-state index contributed by atoms with van der Waals surface area (Å²) in [5.74, 6) is -1.49. The van der Waals surface area contributed by atoms with Gasteiger partial charge in [0.2, 0.25) is 0 Å². The fourth-order valence-electron chi connectivity index (χ4n) is 3.86. The fourth-order valence-corrected chi connectivity index (χ4v) is 3.86. The summed E-state index contributed by atoms with van der Waals surface area (Å²) in [4.78, 5) is 38.3. The summed E-state index contributed by atoms with van der Waals surface area (Å²) in [5.41, 5.74) is 0.432. The normalized spacial score (nSPS) is 18.5. The Morgan fingerprint density at radius 2 is 1.64 bits per heavy atom. The molecular formula is C21H27FN2O4. The summed E-state index contributed by atoms with van der Waals surface area (Å²) in [6.07, 6.45) is 6.43. The highest BCUT2D eigenvalue weighted by atomic mass is 19.1. The predicted octanol–water partition coefficient (Wildman–Crippen LogP) is 2.67. The number of amides is 2. The number of ether oxygens (including phenoxy) is 1. The smallest absolute Gasteiger partial charge is 0.309 e. The van der Waals surface area contributed by atoms with E-state index in [1.807, 2.05) is 0 Å². The first-order valence-electron chi connectivity index (χ1n) is 10.0. The van der Waals surface area contributed by atoms with Crippen molar-refractivity contribution in [1.29, 1.82) is 0 Å². The molecule has 1 N–H and O–H groups in total. The van der Waals surface area contributed by atoms with Gasteiger partial charge in [0.05, 0.1) is 5.92 Å². The van der Waals surface area contributed by atoms with Gasteiger partial charge >= 0.3 is 5.97 Å². The number of nitrogens with zero attached hydrogens (tertiary/aromatic N) is 1. The maximum absolute atomic E-state index is 13.0. The van der Waals surface area contributed by atoms with Gasteiger partial charge in [-0.3, -0.25) is 14.4 Å². The molecule has 28 heavy (non-hydrogen) atoms. The lowest BCUT2D eigenvalue weighted by Gasteiger charge is -2.31. The summed E-state index contributed by atoms with van der Waals surface area (Å²) in [6.45, 7) is 0.624. The molecule has 1 aromatic carbocycles. The molecular weight excluding hydrogens is 363 g/mol. The van der Waals surface area contributed by atoms with E-state index in [-0.39, 0.29) is 42.2 Å². The molecule has 2 amide bonds. The molecule has 1 saturated carbocycles. The summed E-state index contributed by atoms with van der Waals surface area (Å²) < 4.78 is 18.2. The van der Waals surface area contributed by atoms with Crippen LogP contribution in [0.5, 0.6) is 0 Å². The molecule has 1 aromatic rings. The molecule has 1 heterocycles. The van der Waals surface area contributed by atoms with Gasteiger partial charge in [0, 0.05) is 24.7 Å². The Labute approximate surface area is 164 Å². The summed E-state index contributed by atoms with van der Waals surface area (Å²) >= 11 is 0. The van der Waals surface area contributed by atoms with Crippen LogP contribution in [0.3, 0.4) is 0 Å². The van der Waals surface area contributed by atoms with Gasteiger partial charge < -0.3 is 15.0 Å². The molecule has 2 aliphatic rings. The minimum Gasteiger partial charge on any atom is -0.455 e. The van der Waals surface area contributed by atoms with Crippen molar-refractivity contribution in [2.45, 2.75) is 51.0 Å². The quantitative estimate of drug-likeness (QED) is 0.785. The molecule has 0 spiro atoms. The van der Waals surface area contributed by atoms with E-state index in [2.05, 4.69) is 5.32 Å². The number of piperidine rings is 1. The van der Waals surface area contributed by atoms with Gasteiger partial charge in [-0.1, -0.05) is 19.3 Å². The van der Waals surface area contributed by atoms with Crippen molar-refractivity contribution in [3.05, 3.63) is 35.6 Å². The van der Waals surface area contributed by atoms with Crippen molar-refractivity contribution in [3.8, 4) is 0 Å². The molecule has 0 atom stereocenters. The zero-order chi connectivity index (χ0) is 19.9. The van der Waals surface area contributed by atoms with Gasteiger partial charge in [0.1, 0.15) is 5.82 Å². The largest absolute Gasteiger partial charge is 0.455 e. The average Bonchev–Trinajstić information content (AvgIpc) is 2.73. The van der Waals surface area contributed by atoms with Gasteiger partial charge in [-0.25, -0.2) is 4.39 Å². The lowest BCUT2D eigenvalue weighted by atomic mass is 9.95. The average molecular weight is 390 g/mol. The second-order valence-electron chi connectivity index (χ2n) is 7.58. The Hall–Kier alpha value is -2.44. The zero-order valence-electron chi connectivity index (χ0n) is 16.0. The number of carbonyl (C=O) groups excluding carboxylic acids is 3. The molecule has 0 radical (unpaired) electrons. The Balaban J connectivity index is 1.39. The Kier molecular flexibility index (Phi) is 7.01. The molecule has 2 fully saturated rings. The van der Waals surface area contributed by atoms with Gasteiger partial charge in [-0.2, -0.15) is 0 Å². The lowest BCUT2D eigenvalue weighted by molar-refractivity contribution is -0.154. The first-order valence-corrected chi connectivity index (χ1v) is 10.0. The second-order valence-corrected chi connectivity index (χ2v) is 7.58. The van der Waals surface area contributed by atoms with Crippen LogP contribution in [0.15, 0.2) is 24.3 Å². The highest BCUT2D eigenvalue weighted by molar-refractivity contribution is 5.94. The standard InChI is InChI=1S/C21H27FN2O4/c22-17-8-6-15(7-9-17)20(26)24-12-10-16(11-13-24)21(27)28-14-19(25)23-18-4-2-1-3-5-18/h6-9,16,18H,1-5,10-14H2,(H,23,25). The van der Waals surface area contributed by atoms with Crippen molar-refractivity contribution in [2.75, 3.05) is 19.7 Å². The number of halogens is 1. The van der Waals surface area contributed by atoms with E-state index in [4.69, 9.17) is 4.74 Å². The van der Waals surface area contributed by atoms with Crippen LogP contribution >= 0.6 is 0 Å². The number of nitrogens with one attached hydrogen (secondary N) is 1. The third-order valence-electron chi connectivity index (χ3n) is 5.52. The molecule has 3 rings (SSSR count). The number of rotatable bonds is 5. The number of esters is 1. The van der Waals surface area contributed by atoms with E-state index in [0.29, 0.717) is 31.5 Å². The molecule has 1 aliphatic carbocycles. The van der Waals surface area contributed by atoms with Gasteiger partial charge in [-0.05, 0) is 49.9 Å². The van der Waals surface area contributed by atoms with Crippen LogP contribution in [-0.4, -0.2) is 48.4 Å². The molecule has 7 heteroatoms. The van der Waals surface area contributed by atoms with E-state index in [1.165, 1.54) is 30.7 Å². The first-order chi connectivity index (χ1) is 13.5. The Morgan fingerprint density at radius 1 is 1.00 bits per heavy atom. The second kappa shape index (κ2) is 9.66. The molecule has 0 bridgehead atoms. The summed E-state index contributed by atoms with van der Waals surface area (Å²) in [7, 11) is 0. The Bertz CT molecular complexity index is 693. The van der Waals surface area contributed by atoms with E-state index in [1.54, 1.807) is 4.90 Å². The zero-order valence-corrected chi connectivity index (χ0v) is 16.0. The van der Waals surface area contributed by atoms with E-state index < -0.39 is 0 Å². The van der Waals surface area contributed by atoms with Crippen LogP contribution in [0.4, 0.5) is 4.39 Å². The number of carbonyl (C=O) groups is 3. The summed E-state index contributed by atoms with van der Waals surface area (Å²) in [6, 6.07) is 5.64. The topological polar surface area (TPSA) is 75.7 Å². The molecule has 1 saturated heterocycles. The van der Waals surface area contributed by atoms with Crippen molar-refractivity contribution in [3.63, 3.8) is 0 Å². The van der Waals surface area contributed by atoms with E-state index >= 15 is 0 Å². The monoisotopic (exact) mass is 390 g/mol. The van der Waals surface area contributed by atoms with Crippen LogP contribution in [0, 0.1) is 11.7 Å². The van der Waals surface area contributed by atoms with Crippen LogP contribution < -0.4 is 5.32 Å². The fraction of sp³-hybridized carbons (Fsp3) is 0.571. The van der Waals surface area contributed by atoms with Crippen molar-refractivity contribution < 1.29 is 23.5 Å².